The molecule has 19 heavy (non-hydrogen) atoms. The van der Waals surface area contributed by atoms with Crippen LogP contribution in [0, 0.1) is 0 Å². The normalized spacial score (nSPS) is 15.3. The number of ether oxygens (including phenoxy) is 2. The Morgan fingerprint density at radius 3 is 2.32 bits per heavy atom. The smallest absolute Gasteiger partial charge is 0.169 e. The van der Waals surface area contributed by atoms with Crippen LogP contribution in [-0.2, 0) is 0 Å². The molecule has 1 aromatic carbocycles. The Bertz CT molecular complexity index is 609. The van der Waals surface area contributed by atoms with Crippen LogP contribution in [0.5, 0.6) is 11.5 Å². The van der Waals surface area contributed by atoms with Crippen molar-refractivity contribution in [1.29, 1.82) is 0 Å². The number of hydrogen-bond acceptors (Lipinski definition) is 3. The van der Waals surface area contributed by atoms with Crippen LogP contribution in [0.4, 0.5) is 0 Å². The maximum absolute atomic E-state index is 5.60. The standard InChI is InChI=1S/C13H9Br3O3/c14-8-6-11-10(17-3-4-18-11)5-7(8)13(16)9-1-2-12(15)19-9/h1-2,5-6,13H,3-4H2. The first-order valence-corrected chi connectivity index (χ1v) is 8.13. The molecule has 1 atom stereocenters. The number of rotatable bonds is 2. The van der Waals surface area contributed by atoms with Gasteiger partial charge in [0.25, 0.3) is 0 Å². The highest BCUT2D eigenvalue weighted by Gasteiger charge is 2.21. The Morgan fingerprint density at radius 2 is 1.68 bits per heavy atom. The second kappa shape index (κ2) is 5.50. The molecule has 3 rings (SSSR count). The second-order valence-corrected chi connectivity index (χ2v) is 6.57. The van der Waals surface area contributed by atoms with Crippen molar-refractivity contribution >= 4 is 47.8 Å². The highest BCUT2D eigenvalue weighted by Crippen LogP contribution is 2.43. The molecule has 1 unspecified atom stereocenters. The molecule has 1 aliphatic heterocycles. The van der Waals surface area contributed by atoms with E-state index >= 15 is 0 Å². The summed E-state index contributed by atoms with van der Waals surface area (Å²) in [5, 5.41) is 0. The van der Waals surface area contributed by atoms with Crippen molar-refractivity contribution < 1.29 is 13.9 Å². The minimum atomic E-state index is -0.0519. The van der Waals surface area contributed by atoms with Crippen LogP contribution in [-0.4, -0.2) is 13.2 Å². The zero-order valence-electron chi connectivity index (χ0n) is 9.66. The minimum absolute atomic E-state index is 0.0519. The summed E-state index contributed by atoms with van der Waals surface area (Å²) in [6, 6.07) is 7.69. The first-order valence-electron chi connectivity index (χ1n) is 5.63. The van der Waals surface area contributed by atoms with Gasteiger partial charge in [-0.3, -0.25) is 0 Å². The molecule has 6 heteroatoms. The largest absolute Gasteiger partial charge is 0.486 e. The van der Waals surface area contributed by atoms with Crippen LogP contribution >= 0.6 is 47.8 Å². The maximum Gasteiger partial charge on any atom is 0.169 e. The van der Waals surface area contributed by atoms with E-state index in [-0.39, 0.29) is 4.83 Å². The van der Waals surface area contributed by atoms with Crippen molar-refractivity contribution in [2.24, 2.45) is 0 Å². The van der Waals surface area contributed by atoms with E-state index in [0.29, 0.717) is 17.9 Å². The van der Waals surface area contributed by atoms with Gasteiger partial charge in [-0.25, -0.2) is 0 Å². The SMILES string of the molecule is Brc1ccc(C(Br)c2cc3c(cc2Br)OCCO3)o1. The molecule has 0 fully saturated rings. The lowest BCUT2D eigenvalue weighted by atomic mass is 10.1. The van der Waals surface area contributed by atoms with Crippen molar-refractivity contribution in [1.82, 2.24) is 0 Å². The van der Waals surface area contributed by atoms with E-state index in [2.05, 4.69) is 47.8 Å². The van der Waals surface area contributed by atoms with Gasteiger partial charge in [0.05, 0.1) is 4.83 Å². The summed E-state index contributed by atoms with van der Waals surface area (Å²) in [6.45, 7) is 1.16. The van der Waals surface area contributed by atoms with Crippen LogP contribution < -0.4 is 9.47 Å². The fourth-order valence-electron chi connectivity index (χ4n) is 1.89. The molecule has 0 spiro atoms. The third kappa shape index (κ3) is 2.71. The van der Waals surface area contributed by atoms with E-state index in [1.54, 1.807) is 0 Å². The molecule has 3 nitrogen and oxygen atoms in total. The van der Waals surface area contributed by atoms with Crippen LogP contribution in [0.1, 0.15) is 16.2 Å². The van der Waals surface area contributed by atoms with E-state index in [0.717, 1.165) is 27.3 Å². The Labute approximate surface area is 135 Å². The summed E-state index contributed by atoms with van der Waals surface area (Å²) in [7, 11) is 0. The lowest BCUT2D eigenvalue weighted by molar-refractivity contribution is 0.171. The van der Waals surface area contributed by atoms with Gasteiger partial charge in [-0.05, 0) is 45.8 Å². The molecule has 2 aromatic rings. The molecule has 0 bridgehead atoms. The molecule has 0 saturated carbocycles. The average Bonchev–Trinajstić information content (AvgIpc) is 2.84. The first kappa shape index (κ1) is 13.5. The predicted molar refractivity (Wildman–Crippen MR) is 82.3 cm³/mol. The highest BCUT2D eigenvalue weighted by molar-refractivity contribution is 9.11. The molecule has 0 aliphatic carbocycles. The van der Waals surface area contributed by atoms with Crippen molar-refractivity contribution in [3.63, 3.8) is 0 Å². The fourth-order valence-corrected chi connectivity index (χ4v) is 3.69. The third-order valence-electron chi connectivity index (χ3n) is 2.78. The van der Waals surface area contributed by atoms with Gasteiger partial charge >= 0.3 is 0 Å². The number of hydrogen-bond donors (Lipinski definition) is 0. The van der Waals surface area contributed by atoms with Crippen molar-refractivity contribution in [2.75, 3.05) is 13.2 Å². The minimum Gasteiger partial charge on any atom is -0.486 e. The number of benzene rings is 1. The number of fused-ring (bicyclic) bond motifs is 1. The fraction of sp³-hybridized carbons (Fsp3) is 0.231. The number of furan rings is 1. The molecular formula is C13H9Br3O3. The van der Waals surface area contributed by atoms with Gasteiger partial charge in [-0.15, -0.1) is 0 Å². The molecule has 1 aliphatic rings. The zero-order valence-corrected chi connectivity index (χ0v) is 14.4. The van der Waals surface area contributed by atoms with E-state index in [4.69, 9.17) is 13.9 Å². The van der Waals surface area contributed by atoms with Gasteiger partial charge in [0.15, 0.2) is 16.2 Å². The number of halogens is 3. The lowest BCUT2D eigenvalue weighted by Gasteiger charge is -2.21. The molecular weight excluding hydrogens is 444 g/mol. The summed E-state index contributed by atoms with van der Waals surface area (Å²) < 4.78 is 18.4. The van der Waals surface area contributed by atoms with Crippen LogP contribution in [0.3, 0.4) is 0 Å². The molecule has 0 N–H and O–H groups in total. The predicted octanol–water partition coefficient (Wildman–Crippen LogP) is 5.06. The first-order chi connectivity index (χ1) is 9.15. The monoisotopic (exact) mass is 450 g/mol. The van der Waals surface area contributed by atoms with Gasteiger partial charge in [0.1, 0.15) is 19.0 Å². The Morgan fingerprint density at radius 1 is 1.00 bits per heavy atom. The lowest BCUT2D eigenvalue weighted by Crippen LogP contribution is -2.15. The molecule has 1 aromatic heterocycles. The van der Waals surface area contributed by atoms with Crippen LogP contribution in [0.2, 0.25) is 0 Å². The molecule has 0 radical (unpaired) electrons. The quantitative estimate of drug-likeness (QED) is 0.597. The maximum atomic E-state index is 5.60. The molecule has 0 amide bonds. The third-order valence-corrected chi connectivity index (χ3v) is 4.84. The van der Waals surface area contributed by atoms with Gasteiger partial charge < -0.3 is 13.9 Å². The summed E-state index contributed by atoms with van der Waals surface area (Å²) >= 11 is 10.5. The van der Waals surface area contributed by atoms with E-state index in [9.17, 15) is 0 Å². The molecule has 2 heterocycles. The summed E-state index contributed by atoms with van der Waals surface area (Å²) in [6.07, 6.45) is 0. The Hall–Kier alpha value is -0.460. The van der Waals surface area contributed by atoms with E-state index in [1.807, 2.05) is 24.3 Å². The van der Waals surface area contributed by atoms with Crippen molar-refractivity contribution in [3.8, 4) is 11.5 Å². The van der Waals surface area contributed by atoms with E-state index in [1.165, 1.54) is 0 Å². The summed E-state index contributed by atoms with van der Waals surface area (Å²) in [5.74, 6) is 2.35. The van der Waals surface area contributed by atoms with Crippen LogP contribution in [0.25, 0.3) is 0 Å². The topological polar surface area (TPSA) is 31.6 Å². The van der Waals surface area contributed by atoms with Crippen molar-refractivity contribution in [2.45, 2.75) is 4.83 Å². The summed E-state index contributed by atoms with van der Waals surface area (Å²) in [5.41, 5.74) is 1.03. The van der Waals surface area contributed by atoms with Gasteiger partial charge in [0, 0.05) is 4.47 Å². The van der Waals surface area contributed by atoms with Crippen LogP contribution in [0.15, 0.2) is 37.8 Å². The number of alkyl halides is 1. The van der Waals surface area contributed by atoms with Gasteiger partial charge in [-0.1, -0.05) is 31.9 Å². The van der Waals surface area contributed by atoms with Gasteiger partial charge in [0.2, 0.25) is 0 Å². The zero-order chi connectivity index (χ0) is 13.4. The Balaban J connectivity index is 2.00. The summed E-state index contributed by atoms with van der Waals surface area (Å²) in [4.78, 5) is -0.0519. The molecule has 100 valence electrons. The Kier molecular flexibility index (Phi) is 3.91. The van der Waals surface area contributed by atoms with Crippen molar-refractivity contribution in [3.05, 3.63) is 44.7 Å². The van der Waals surface area contributed by atoms with Gasteiger partial charge in [-0.2, -0.15) is 0 Å². The molecule has 0 saturated heterocycles. The highest BCUT2D eigenvalue weighted by atomic mass is 79.9. The second-order valence-electron chi connectivity index (χ2n) is 4.02. The average molecular weight is 453 g/mol. The van der Waals surface area contributed by atoms with E-state index < -0.39 is 0 Å².